The van der Waals surface area contributed by atoms with Crippen LogP contribution in [0.25, 0.3) is 0 Å². The average molecular weight is 259 g/mol. The van der Waals surface area contributed by atoms with Gasteiger partial charge in [0.05, 0.1) is 5.54 Å². The van der Waals surface area contributed by atoms with Crippen LogP contribution in [0.4, 0.5) is 8.78 Å². The van der Waals surface area contributed by atoms with E-state index < -0.39 is 5.54 Å². The van der Waals surface area contributed by atoms with E-state index >= 15 is 0 Å². The normalized spacial score (nSPS) is 13.8. The molecule has 1 nitrogen and oxygen atoms in total. The zero-order chi connectivity index (χ0) is 13.9. The van der Waals surface area contributed by atoms with Crippen LogP contribution in [0.3, 0.4) is 0 Å². The standard InChI is InChI=1S/C16H15F2N/c1-2-11-16(19,12-7-9-13(17)10-8-12)14-5-3-4-6-15(14)18/h2-10H,1,11,19H2. The predicted octanol–water partition coefficient (Wildman–Crippen LogP) is 3.74. The largest absolute Gasteiger partial charge is 0.317 e. The van der Waals surface area contributed by atoms with Crippen LogP contribution in [0, 0.1) is 11.6 Å². The van der Waals surface area contributed by atoms with Crippen LogP contribution >= 0.6 is 0 Å². The molecule has 98 valence electrons. The Morgan fingerprint density at radius 1 is 1.05 bits per heavy atom. The first-order valence-electron chi connectivity index (χ1n) is 5.99. The van der Waals surface area contributed by atoms with Crippen LogP contribution in [0.1, 0.15) is 17.5 Å². The van der Waals surface area contributed by atoms with Gasteiger partial charge in [0.1, 0.15) is 11.6 Å². The Bertz CT molecular complexity index is 578. The fourth-order valence-electron chi connectivity index (χ4n) is 2.18. The van der Waals surface area contributed by atoms with Crippen molar-refractivity contribution < 1.29 is 8.78 Å². The summed E-state index contributed by atoms with van der Waals surface area (Å²) in [6.07, 6.45) is 2.00. The van der Waals surface area contributed by atoms with Crippen LogP contribution in [-0.4, -0.2) is 0 Å². The second kappa shape index (κ2) is 5.33. The highest BCUT2D eigenvalue weighted by molar-refractivity contribution is 5.39. The lowest BCUT2D eigenvalue weighted by Gasteiger charge is -2.30. The van der Waals surface area contributed by atoms with Gasteiger partial charge in [0.15, 0.2) is 0 Å². The van der Waals surface area contributed by atoms with Crippen molar-refractivity contribution >= 4 is 0 Å². The monoisotopic (exact) mass is 259 g/mol. The molecule has 0 fully saturated rings. The molecule has 19 heavy (non-hydrogen) atoms. The summed E-state index contributed by atoms with van der Waals surface area (Å²) in [5.41, 5.74) is 6.36. The van der Waals surface area contributed by atoms with Crippen molar-refractivity contribution in [3.63, 3.8) is 0 Å². The molecular formula is C16H15F2N. The third kappa shape index (κ3) is 2.56. The fraction of sp³-hybridized carbons (Fsp3) is 0.125. The minimum atomic E-state index is -1.04. The predicted molar refractivity (Wildman–Crippen MR) is 72.6 cm³/mol. The van der Waals surface area contributed by atoms with E-state index in [0.29, 0.717) is 17.5 Å². The Kier molecular flexibility index (Phi) is 3.76. The van der Waals surface area contributed by atoms with Crippen LogP contribution in [0.2, 0.25) is 0 Å². The molecule has 2 rings (SSSR count). The highest BCUT2D eigenvalue weighted by Crippen LogP contribution is 2.32. The average Bonchev–Trinajstić information content (AvgIpc) is 2.40. The number of rotatable bonds is 4. The van der Waals surface area contributed by atoms with Gasteiger partial charge in [0, 0.05) is 5.56 Å². The lowest BCUT2D eigenvalue weighted by molar-refractivity contribution is 0.497. The number of benzene rings is 2. The molecule has 1 unspecified atom stereocenters. The van der Waals surface area contributed by atoms with Gasteiger partial charge in [-0.05, 0) is 30.2 Å². The first-order chi connectivity index (χ1) is 9.08. The van der Waals surface area contributed by atoms with E-state index in [4.69, 9.17) is 5.73 Å². The zero-order valence-electron chi connectivity index (χ0n) is 10.4. The van der Waals surface area contributed by atoms with Gasteiger partial charge in [-0.25, -0.2) is 8.78 Å². The summed E-state index contributed by atoms with van der Waals surface area (Å²) in [5, 5.41) is 0. The summed E-state index contributed by atoms with van der Waals surface area (Å²) in [6, 6.07) is 12.1. The highest BCUT2D eigenvalue weighted by atomic mass is 19.1. The molecule has 0 radical (unpaired) electrons. The highest BCUT2D eigenvalue weighted by Gasteiger charge is 2.30. The SMILES string of the molecule is C=CCC(N)(c1ccc(F)cc1)c1ccccc1F. The van der Waals surface area contributed by atoms with Crippen LogP contribution < -0.4 is 5.73 Å². The number of hydrogen-bond acceptors (Lipinski definition) is 1. The molecule has 2 aromatic rings. The lowest BCUT2D eigenvalue weighted by atomic mass is 9.81. The minimum absolute atomic E-state index is 0.349. The van der Waals surface area contributed by atoms with Gasteiger partial charge in [-0.2, -0.15) is 0 Å². The maximum atomic E-state index is 14.0. The van der Waals surface area contributed by atoms with Crippen molar-refractivity contribution in [1.82, 2.24) is 0 Å². The molecule has 0 aliphatic carbocycles. The molecular weight excluding hydrogens is 244 g/mol. The first-order valence-corrected chi connectivity index (χ1v) is 5.99. The van der Waals surface area contributed by atoms with Gasteiger partial charge in [0.2, 0.25) is 0 Å². The van der Waals surface area contributed by atoms with E-state index in [1.165, 1.54) is 18.2 Å². The van der Waals surface area contributed by atoms with Crippen LogP contribution in [0.15, 0.2) is 61.2 Å². The van der Waals surface area contributed by atoms with Gasteiger partial charge in [-0.1, -0.05) is 36.4 Å². The maximum absolute atomic E-state index is 14.0. The molecule has 0 aliphatic heterocycles. The van der Waals surface area contributed by atoms with E-state index in [0.717, 1.165) is 0 Å². The maximum Gasteiger partial charge on any atom is 0.128 e. The van der Waals surface area contributed by atoms with Gasteiger partial charge in [0.25, 0.3) is 0 Å². The summed E-state index contributed by atoms with van der Waals surface area (Å²) in [5.74, 6) is -0.727. The summed E-state index contributed by atoms with van der Waals surface area (Å²) in [6.45, 7) is 3.67. The summed E-state index contributed by atoms with van der Waals surface area (Å²) in [4.78, 5) is 0. The second-order valence-corrected chi connectivity index (χ2v) is 4.45. The Hall–Kier alpha value is -2.00. The smallest absolute Gasteiger partial charge is 0.128 e. The van der Waals surface area contributed by atoms with Gasteiger partial charge in [-0.15, -0.1) is 6.58 Å². The second-order valence-electron chi connectivity index (χ2n) is 4.45. The summed E-state index contributed by atoms with van der Waals surface area (Å²) < 4.78 is 27.0. The van der Waals surface area contributed by atoms with E-state index in [1.807, 2.05) is 0 Å². The van der Waals surface area contributed by atoms with Crippen molar-refractivity contribution in [2.45, 2.75) is 12.0 Å². The zero-order valence-corrected chi connectivity index (χ0v) is 10.4. The Morgan fingerprint density at radius 2 is 1.68 bits per heavy atom. The third-order valence-electron chi connectivity index (χ3n) is 3.18. The fourth-order valence-corrected chi connectivity index (χ4v) is 2.18. The number of hydrogen-bond donors (Lipinski definition) is 1. The number of nitrogens with two attached hydrogens (primary N) is 1. The summed E-state index contributed by atoms with van der Waals surface area (Å²) >= 11 is 0. The molecule has 0 heterocycles. The molecule has 0 spiro atoms. The Labute approximate surface area is 111 Å². The molecule has 2 N–H and O–H groups in total. The van der Waals surface area contributed by atoms with E-state index in [-0.39, 0.29) is 11.6 Å². The van der Waals surface area contributed by atoms with E-state index in [2.05, 4.69) is 6.58 Å². The van der Waals surface area contributed by atoms with Crippen molar-refractivity contribution in [1.29, 1.82) is 0 Å². The van der Waals surface area contributed by atoms with Gasteiger partial charge in [-0.3, -0.25) is 0 Å². The van der Waals surface area contributed by atoms with Crippen LogP contribution in [-0.2, 0) is 5.54 Å². The topological polar surface area (TPSA) is 26.0 Å². The molecule has 3 heteroatoms. The van der Waals surface area contributed by atoms with Crippen molar-refractivity contribution in [2.24, 2.45) is 5.73 Å². The quantitative estimate of drug-likeness (QED) is 0.832. The van der Waals surface area contributed by atoms with Crippen molar-refractivity contribution in [3.05, 3.63) is 83.9 Å². The molecule has 0 aliphatic rings. The molecule has 0 saturated carbocycles. The van der Waals surface area contributed by atoms with Gasteiger partial charge < -0.3 is 5.73 Å². The Morgan fingerprint density at radius 3 is 2.26 bits per heavy atom. The minimum Gasteiger partial charge on any atom is -0.317 e. The Balaban J connectivity index is 2.57. The number of halogens is 2. The molecule has 0 saturated heterocycles. The summed E-state index contributed by atoms with van der Waals surface area (Å²) in [7, 11) is 0. The molecule has 1 atom stereocenters. The van der Waals surface area contributed by atoms with Gasteiger partial charge >= 0.3 is 0 Å². The molecule has 2 aromatic carbocycles. The first kappa shape index (κ1) is 13.4. The molecule has 0 aromatic heterocycles. The van der Waals surface area contributed by atoms with E-state index in [9.17, 15) is 8.78 Å². The van der Waals surface area contributed by atoms with Crippen molar-refractivity contribution in [3.8, 4) is 0 Å². The molecule has 0 amide bonds. The lowest BCUT2D eigenvalue weighted by Crippen LogP contribution is -2.38. The van der Waals surface area contributed by atoms with E-state index in [1.54, 1.807) is 36.4 Å². The van der Waals surface area contributed by atoms with Crippen molar-refractivity contribution in [2.75, 3.05) is 0 Å². The van der Waals surface area contributed by atoms with Crippen LogP contribution in [0.5, 0.6) is 0 Å². The third-order valence-corrected chi connectivity index (χ3v) is 3.18. The molecule has 0 bridgehead atoms.